The fourth-order valence-electron chi connectivity index (χ4n) is 3.21. The summed E-state index contributed by atoms with van der Waals surface area (Å²) < 4.78 is 0. The normalized spacial score (nSPS) is 16.2. The van der Waals surface area contributed by atoms with Crippen molar-refractivity contribution in [3.8, 4) is 0 Å². The van der Waals surface area contributed by atoms with Crippen LogP contribution in [0, 0.1) is 0 Å². The summed E-state index contributed by atoms with van der Waals surface area (Å²) in [5.41, 5.74) is 6.74. The Bertz CT molecular complexity index is 1060. The average Bonchev–Trinajstić information content (AvgIpc) is 3.25. The molecule has 1 fully saturated rings. The highest BCUT2D eigenvalue weighted by molar-refractivity contribution is 7.99. The number of primary amides is 1. The molecule has 2 atom stereocenters. The number of nitrogens with two attached hydrogens (primary N) is 1. The molecule has 5 N–H and O–H groups in total. The van der Waals surface area contributed by atoms with E-state index in [0.717, 1.165) is 4.90 Å². The van der Waals surface area contributed by atoms with Gasteiger partial charge in [0.2, 0.25) is 11.8 Å². The van der Waals surface area contributed by atoms with Crippen LogP contribution in [-0.2, 0) is 16.0 Å². The van der Waals surface area contributed by atoms with Crippen LogP contribution in [-0.4, -0.2) is 57.5 Å². The molecule has 0 bridgehead atoms. The van der Waals surface area contributed by atoms with Gasteiger partial charge in [0.25, 0.3) is 5.91 Å². The van der Waals surface area contributed by atoms with Crippen molar-refractivity contribution in [1.82, 2.24) is 10.2 Å². The van der Waals surface area contributed by atoms with Crippen molar-refractivity contribution in [3.63, 3.8) is 0 Å². The van der Waals surface area contributed by atoms with Gasteiger partial charge in [0.15, 0.2) is 0 Å². The number of carbonyl (C=O) groups is 4. The molecule has 1 aliphatic rings. The molecular formula is C21H20Cl2N4O5S. The van der Waals surface area contributed by atoms with Gasteiger partial charge in [-0.25, -0.2) is 4.79 Å². The largest absolute Gasteiger partial charge is 0.465 e. The Morgan fingerprint density at radius 1 is 1.12 bits per heavy atom. The molecule has 1 aliphatic heterocycles. The SMILES string of the molecule is NC(=O)[C@H](Cc1ccc(NC(=O)c2c(Cl)cccc2Cl)cc1)NC(=O)[C@H]1CSCN1C(=O)O. The first-order chi connectivity index (χ1) is 15.7. The summed E-state index contributed by atoms with van der Waals surface area (Å²) in [6.45, 7) is 0. The third kappa shape index (κ3) is 6.10. The summed E-state index contributed by atoms with van der Waals surface area (Å²) in [6.07, 6.45) is -1.11. The molecule has 9 nitrogen and oxygen atoms in total. The molecule has 174 valence electrons. The van der Waals surface area contributed by atoms with Crippen LogP contribution in [0.2, 0.25) is 10.0 Å². The number of carboxylic acid groups (broad SMARTS) is 1. The van der Waals surface area contributed by atoms with E-state index in [1.54, 1.807) is 42.5 Å². The number of thioether (sulfide) groups is 1. The van der Waals surface area contributed by atoms with E-state index in [4.69, 9.17) is 28.9 Å². The van der Waals surface area contributed by atoms with Crippen molar-refractivity contribution in [2.75, 3.05) is 16.9 Å². The number of amides is 4. The van der Waals surface area contributed by atoms with Crippen LogP contribution in [0.4, 0.5) is 10.5 Å². The lowest BCUT2D eigenvalue weighted by molar-refractivity contribution is -0.129. The van der Waals surface area contributed by atoms with Gasteiger partial charge < -0.3 is 21.5 Å². The molecule has 12 heteroatoms. The van der Waals surface area contributed by atoms with Gasteiger partial charge in [0.05, 0.1) is 21.5 Å². The predicted molar refractivity (Wildman–Crippen MR) is 127 cm³/mol. The Morgan fingerprint density at radius 2 is 1.76 bits per heavy atom. The third-order valence-corrected chi connectivity index (χ3v) is 6.57. The molecule has 4 amide bonds. The summed E-state index contributed by atoms with van der Waals surface area (Å²) in [4.78, 5) is 49.2. The van der Waals surface area contributed by atoms with Gasteiger partial charge >= 0.3 is 6.09 Å². The van der Waals surface area contributed by atoms with E-state index >= 15 is 0 Å². The van der Waals surface area contributed by atoms with Crippen LogP contribution in [0.3, 0.4) is 0 Å². The van der Waals surface area contributed by atoms with Crippen LogP contribution >= 0.6 is 35.0 Å². The lowest BCUT2D eigenvalue weighted by Crippen LogP contribution is -2.53. The molecule has 2 aromatic rings. The zero-order valence-corrected chi connectivity index (χ0v) is 19.4. The number of nitrogens with zero attached hydrogens (tertiary/aromatic N) is 1. The molecule has 0 unspecified atom stereocenters. The molecule has 2 aromatic carbocycles. The van der Waals surface area contributed by atoms with Gasteiger partial charge in [0, 0.05) is 17.9 Å². The maximum atomic E-state index is 12.5. The van der Waals surface area contributed by atoms with Crippen molar-refractivity contribution < 1.29 is 24.3 Å². The number of rotatable bonds is 7. The Kier molecular flexibility index (Phi) is 8.06. The number of carbonyl (C=O) groups excluding carboxylic acids is 3. The Morgan fingerprint density at radius 3 is 2.33 bits per heavy atom. The van der Waals surface area contributed by atoms with E-state index in [2.05, 4.69) is 10.6 Å². The first-order valence-corrected chi connectivity index (χ1v) is 11.6. The standard InChI is InChI=1S/C21H20Cl2N4O5S/c22-13-2-1-3-14(23)17(13)20(30)25-12-6-4-11(5-7-12)8-15(18(24)28)26-19(29)16-9-33-10-27(16)21(31)32/h1-7,15-16H,8-10H2,(H2,24,28)(H,25,30)(H,26,29)(H,31,32)/t15-,16+/m0/s1. The Labute approximate surface area is 203 Å². The Hall–Kier alpha value is -2.95. The number of anilines is 1. The van der Waals surface area contributed by atoms with Crippen molar-refractivity contribution in [3.05, 3.63) is 63.6 Å². The summed E-state index contributed by atoms with van der Waals surface area (Å²) in [7, 11) is 0. The molecule has 1 heterocycles. The zero-order chi connectivity index (χ0) is 24.1. The predicted octanol–water partition coefficient (Wildman–Crippen LogP) is 2.81. The molecular weight excluding hydrogens is 491 g/mol. The van der Waals surface area contributed by atoms with Crippen molar-refractivity contribution in [2.24, 2.45) is 5.73 Å². The van der Waals surface area contributed by atoms with E-state index < -0.39 is 35.9 Å². The number of halogens is 2. The first-order valence-electron chi connectivity index (χ1n) is 9.68. The summed E-state index contributed by atoms with van der Waals surface area (Å²) >= 11 is 13.4. The lowest BCUT2D eigenvalue weighted by Gasteiger charge is -2.23. The van der Waals surface area contributed by atoms with Gasteiger partial charge in [-0.05, 0) is 29.8 Å². The van der Waals surface area contributed by atoms with Gasteiger partial charge in [0.1, 0.15) is 12.1 Å². The van der Waals surface area contributed by atoms with Gasteiger partial charge in [-0.1, -0.05) is 41.4 Å². The minimum Gasteiger partial charge on any atom is -0.465 e. The highest BCUT2D eigenvalue weighted by Gasteiger charge is 2.36. The highest BCUT2D eigenvalue weighted by Crippen LogP contribution is 2.25. The summed E-state index contributed by atoms with van der Waals surface area (Å²) in [5.74, 6) is -1.32. The van der Waals surface area contributed by atoms with Crippen molar-refractivity contribution >= 4 is 64.5 Å². The maximum absolute atomic E-state index is 12.5. The molecule has 0 spiro atoms. The quantitative estimate of drug-likeness (QED) is 0.451. The minimum absolute atomic E-state index is 0.0958. The van der Waals surface area contributed by atoms with Crippen molar-refractivity contribution in [1.29, 1.82) is 0 Å². The molecule has 0 aliphatic carbocycles. The van der Waals surface area contributed by atoms with Crippen LogP contribution < -0.4 is 16.4 Å². The van der Waals surface area contributed by atoms with Gasteiger partial charge in [-0.3, -0.25) is 19.3 Å². The minimum atomic E-state index is -1.20. The second-order valence-corrected chi connectivity index (χ2v) is 9.00. The number of nitrogens with one attached hydrogen (secondary N) is 2. The molecule has 0 saturated carbocycles. The van der Waals surface area contributed by atoms with Crippen LogP contribution in [0.5, 0.6) is 0 Å². The smallest absolute Gasteiger partial charge is 0.408 e. The molecule has 33 heavy (non-hydrogen) atoms. The van der Waals surface area contributed by atoms with Crippen molar-refractivity contribution in [2.45, 2.75) is 18.5 Å². The highest BCUT2D eigenvalue weighted by atomic mass is 35.5. The average molecular weight is 511 g/mol. The van der Waals surface area contributed by atoms with E-state index in [1.807, 2.05) is 0 Å². The fourth-order valence-corrected chi connectivity index (χ4v) is 4.92. The van der Waals surface area contributed by atoms with E-state index in [9.17, 15) is 24.3 Å². The molecule has 0 radical (unpaired) electrons. The molecule has 0 aromatic heterocycles. The summed E-state index contributed by atoms with van der Waals surface area (Å²) in [6, 6.07) is 9.42. The van der Waals surface area contributed by atoms with E-state index in [1.165, 1.54) is 11.8 Å². The zero-order valence-electron chi connectivity index (χ0n) is 17.1. The van der Waals surface area contributed by atoms with Crippen LogP contribution in [0.25, 0.3) is 0 Å². The first kappa shape index (κ1) is 24.7. The van der Waals surface area contributed by atoms with E-state index in [-0.39, 0.29) is 27.9 Å². The second-order valence-electron chi connectivity index (χ2n) is 7.18. The van der Waals surface area contributed by atoms with Crippen LogP contribution in [0.1, 0.15) is 15.9 Å². The summed E-state index contributed by atoms with van der Waals surface area (Å²) in [5, 5.41) is 14.9. The number of benzene rings is 2. The monoisotopic (exact) mass is 510 g/mol. The Balaban J connectivity index is 1.64. The van der Waals surface area contributed by atoms with Gasteiger partial charge in [-0.2, -0.15) is 0 Å². The number of hydrogen-bond donors (Lipinski definition) is 4. The molecule has 3 rings (SSSR count). The maximum Gasteiger partial charge on any atom is 0.408 e. The lowest BCUT2D eigenvalue weighted by atomic mass is 10.0. The fraction of sp³-hybridized carbons (Fsp3) is 0.238. The topological polar surface area (TPSA) is 142 Å². The molecule has 1 saturated heterocycles. The second kappa shape index (κ2) is 10.8. The number of hydrogen-bond acceptors (Lipinski definition) is 5. The van der Waals surface area contributed by atoms with Crippen LogP contribution in [0.15, 0.2) is 42.5 Å². The van der Waals surface area contributed by atoms with Gasteiger partial charge in [-0.15, -0.1) is 11.8 Å². The third-order valence-electron chi connectivity index (χ3n) is 4.93. The van der Waals surface area contributed by atoms with E-state index in [0.29, 0.717) is 17.0 Å².